The Bertz CT molecular complexity index is 486. The second-order valence-corrected chi connectivity index (χ2v) is 6.96. The van der Waals surface area contributed by atoms with Crippen molar-refractivity contribution >= 4 is 17.7 Å². The standard InChI is InChI=1S/C20H33NO4/c1-5-7-8-9-10-11-15-16(12-13-17(15)22)19(23)21-18(14(3)6-2)20(24)25-4/h9-10,14-16,18H,5-8,11-13H2,1-4H3,(H,21,23)/b10-9-/t14?,15-,16+,18?/m0/s1. The molecule has 0 aromatic carbocycles. The predicted molar refractivity (Wildman–Crippen MR) is 97.9 cm³/mol. The number of amides is 1. The highest BCUT2D eigenvalue weighted by molar-refractivity contribution is 5.93. The van der Waals surface area contributed by atoms with Crippen molar-refractivity contribution in [3.8, 4) is 0 Å². The number of ketones is 1. The molecule has 1 aliphatic carbocycles. The number of ether oxygens (including phenoxy) is 1. The van der Waals surface area contributed by atoms with Crippen molar-refractivity contribution < 1.29 is 19.1 Å². The maximum atomic E-state index is 12.7. The molecule has 0 aromatic heterocycles. The third-order valence-corrected chi connectivity index (χ3v) is 5.18. The maximum Gasteiger partial charge on any atom is 0.328 e. The van der Waals surface area contributed by atoms with Crippen LogP contribution in [0.15, 0.2) is 12.2 Å². The fraction of sp³-hybridized carbons (Fsp3) is 0.750. The van der Waals surface area contributed by atoms with Crippen LogP contribution in [0.3, 0.4) is 0 Å². The number of hydrogen-bond acceptors (Lipinski definition) is 4. The van der Waals surface area contributed by atoms with Crippen LogP contribution in [-0.2, 0) is 19.1 Å². The molecule has 142 valence electrons. The van der Waals surface area contributed by atoms with E-state index in [0.29, 0.717) is 19.3 Å². The van der Waals surface area contributed by atoms with Gasteiger partial charge in [-0.25, -0.2) is 4.79 Å². The second kappa shape index (κ2) is 11.1. The van der Waals surface area contributed by atoms with Gasteiger partial charge in [0.1, 0.15) is 11.8 Å². The Morgan fingerprint density at radius 1 is 1.32 bits per heavy atom. The molecule has 0 saturated heterocycles. The summed E-state index contributed by atoms with van der Waals surface area (Å²) in [6, 6.07) is -0.654. The zero-order valence-electron chi connectivity index (χ0n) is 16.0. The number of rotatable bonds is 10. The molecule has 0 spiro atoms. The van der Waals surface area contributed by atoms with E-state index in [1.165, 1.54) is 7.11 Å². The molecular formula is C20H33NO4. The van der Waals surface area contributed by atoms with Gasteiger partial charge in [-0.1, -0.05) is 52.2 Å². The fourth-order valence-electron chi connectivity index (χ4n) is 3.26. The van der Waals surface area contributed by atoms with Crippen molar-refractivity contribution in [3.63, 3.8) is 0 Å². The van der Waals surface area contributed by atoms with E-state index in [4.69, 9.17) is 4.74 Å². The number of carbonyl (C=O) groups is 3. The minimum absolute atomic E-state index is 0.0131. The number of hydrogen-bond donors (Lipinski definition) is 1. The molecule has 0 aromatic rings. The molecule has 0 aliphatic heterocycles. The van der Waals surface area contributed by atoms with Crippen LogP contribution in [-0.4, -0.2) is 30.8 Å². The number of methoxy groups -OCH3 is 1. The van der Waals surface area contributed by atoms with Crippen LogP contribution in [0.1, 0.15) is 65.7 Å². The monoisotopic (exact) mass is 351 g/mol. The van der Waals surface area contributed by atoms with Crippen LogP contribution in [0, 0.1) is 17.8 Å². The van der Waals surface area contributed by atoms with Crippen molar-refractivity contribution in [1.29, 1.82) is 0 Å². The summed E-state index contributed by atoms with van der Waals surface area (Å²) >= 11 is 0. The Balaban J connectivity index is 2.71. The van der Waals surface area contributed by atoms with Crippen molar-refractivity contribution in [3.05, 3.63) is 12.2 Å². The summed E-state index contributed by atoms with van der Waals surface area (Å²) in [5.41, 5.74) is 0. The van der Waals surface area contributed by atoms with Crippen molar-refractivity contribution in [1.82, 2.24) is 5.32 Å². The van der Waals surface area contributed by atoms with Gasteiger partial charge in [0.25, 0.3) is 0 Å². The molecule has 0 radical (unpaired) electrons. The van der Waals surface area contributed by atoms with Gasteiger partial charge in [-0.15, -0.1) is 0 Å². The lowest BCUT2D eigenvalue weighted by atomic mass is 9.90. The number of carbonyl (C=O) groups excluding carboxylic acids is 3. The lowest BCUT2D eigenvalue weighted by molar-refractivity contribution is -0.147. The molecule has 1 N–H and O–H groups in total. The van der Waals surface area contributed by atoms with Crippen LogP contribution < -0.4 is 5.32 Å². The minimum Gasteiger partial charge on any atom is -0.467 e. The average molecular weight is 351 g/mol. The van der Waals surface area contributed by atoms with Gasteiger partial charge in [-0.3, -0.25) is 9.59 Å². The molecule has 0 heterocycles. The molecule has 1 aliphatic rings. The van der Waals surface area contributed by atoms with Gasteiger partial charge >= 0.3 is 5.97 Å². The van der Waals surface area contributed by atoms with Crippen LogP contribution in [0.2, 0.25) is 0 Å². The van der Waals surface area contributed by atoms with Crippen LogP contribution in [0.4, 0.5) is 0 Å². The molecule has 4 atom stereocenters. The summed E-state index contributed by atoms with van der Waals surface area (Å²) in [7, 11) is 1.33. The maximum absolute atomic E-state index is 12.7. The van der Waals surface area contributed by atoms with Gasteiger partial charge in [-0.05, 0) is 25.2 Å². The van der Waals surface area contributed by atoms with E-state index >= 15 is 0 Å². The largest absolute Gasteiger partial charge is 0.467 e. The van der Waals surface area contributed by atoms with E-state index in [0.717, 1.165) is 25.7 Å². The van der Waals surface area contributed by atoms with E-state index in [1.807, 2.05) is 19.9 Å². The van der Waals surface area contributed by atoms with Gasteiger partial charge in [0.15, 0.2) is 0 Å². The molecule has 5 nitrogen and oxygen atoms in total. The number of unbranched alkanes of at least 4 members (excludes halogenated alkanes) is 2. The highest BCUT2D eigenvalue weighted by Crippen LogP contribution is 2.32. The van der Waals surface area contributed by atoms with Gasteiger partial charge < -0.3 is 10.1 Å². The first-order chi connectivity index (χ1) is 12.0. The van der Waals surface area contributed by atoms with Crippen LogP contribution in [0.5, 0.6) is 0 Å². The topological polar surface area (TPSA) is 72.5 Å². The lowest BCUT2D eigenvalue weighted by Gasteiger charge is -2.25. The molecule has 0 bridgehead atoms. The summed E-state index contributed by atoms with van der Waals surface area (Å²) in [6.45, 7) is 6.02. The quantitative estimate of drug-likeness (QED) is 0.372. The fourth-order valence-corrected chi connectivity index (χ4v) is 3.26. The van der Waals surface area contributed by atoms with Crippen molar-refractivity contribution in [2.75, 3.05) is 7.11 Å². The summed E-state index contributed by atoms with van der Waals surface area (Å²) in [5.74, 6) is -1.11. The third kappa shape index (κ3) is 6.29. The van der Waals surface area contributed by atoms with E-state index in [2.05, 4.69) is 18.3 Å². The molecule has 1 saturated carbocycles. The van der Waals surface area contributed by atoms with Gasteiger partial charge in [0.05, 0.1) is 7.11 Å². The molecule has 1 fully saturated rings. The summed E-state index contributed by atoms with van der Waals surface area (Å²) in [6.07, 6.45) is 9.77. The molecule has 2 unspecified atom stereocenters. The Morgan fingerprint density at radius 3 is 2.64 bits per heavy atom. The Hall–Kier alpha value is -1.65. The lowest BCUT2D eigenvalue weighted by Crippen LogP contribution is -2.48. The summed E-state index contributed by atoms with van der Waals surface area (Å²) in [5, 5.41) is 2.83. The van der Waals surface area contributed by atoms with E-state index in [1.54, 1.807) is 0 Å². The van der Waals surface area contributed by atoms with Gasteiger partial charge in [0, 0.05) is 18.3 Å². The first-order valence-electron chi connectivity index (χ1n) is 9.52. The highest BCUT2D eigenvalue weighted by atomic mass is 16.5. The predicted octanol–water partition coefficient (Wildman–Crippen LogP) is 3.42. The second-order valence-electron chi connectivity index (χ2n) is 6.96. The number of allylic oxidation sites excluding steroid dienone is 2. The Kier molecular flexibility index (Phi) is 9.46. The summed E-state index contributed by atoms with van der Waals surface area (Å²) in [4.78, 5) is 36.8. The molecular weight excluding hydrogens is 318 g/mol. The van der Waals surface area contributed by atoms with E-state index in [-0.39, 0.29) is 29.4 Å². The molecule has 5 heteroatoms. The zero-order chi connectivity index (χ0) is 18.8. The number of esters is 1. The SMILES string of the molecule is CCCC/C=C\C[C@@H]1C(=O)CC[C@H]1C(=O)NC(C(=O)OC)C(C)CC. The zero-order valence-corrected chi connectivity index (χ0v) is 16.0. The Morgan fingerprint density at radius 2 is 2.04 bits per heavy atom. The van der Waals surface area contributed by atoms with E-state index in [9.17, 15) is 14.4 Å². The van der Waals surface area contributed by atoms with Crippen molar-refractivity contribution in [2.24, 2.45) is 17.8 Å². The summed E-state index contributed by atoms with van der Waals surface area (Å²) < 4.78 is 4.82. The van der Waals surface area contributed by atoms with Gasteiger partial charge in [-0.2, -0.15) is 0 Å². The van der Waals surface area contributed by atoms with E-state index < -0.39 is 12.0 Å². The van der Waals surface area contributed by atoms with Crippen molar-refractivity contribution in [2.45, 2.75) is 71.8 Å². The average Bonchev–Trinajstić information content (AvgIpc) is 2.98. The smallest absolute Gasteiger partial charge is 0.328 e. The highest BCUT2D eigenvalue weighted by Gasteiger charge is 2.40. The molecule has 1 rings (SSSR count). The molecule has 25 heavy (non-hydrogen) atoms. The van der Waals surface area contributed by atoms with Crippen LogP contribution >= 0.6 is 0 Å². The van der Waals surface area contributed by atoms with Gasteiger partial charge in [0.2, 0.25) is 5.91 Å². The first kappa shape index (κ1) is 21.4. The first-order valence-corrected chi connectivity index (χ1v) is 9.52. The molecule has 1 amide bonds. The third-order valence-electron chi connectivity index (χ3n) is 5.18. The normalized spacial score (nSPS) is 22.8. The Labute approximate surface area is 151 Å². The van der Waals surface area contributed by atoms with Crippen LogP contribution in [0.25, 0.3) is 0 Å². The minimum atomic E-state index is -0.654. The number of nitrogens with one attached hydrogen (secondary N) is 1. The number of Topliss-reactive ketones (excluding diaryl/α,β-unsaturated/α-hetero) is 1.